The number of benzene rings is 1. The molecule has 5 nitrogen and oxygen atoms in total. The predicted octanol–water partition coefficient (Wildman–Crippen LogP) is 2.54. The number of hydrogen-bond acceptors (Lipinski definition) is 3. The largest absolute Gasteiger partial charge is 0.378 e. The fraction of sp³-hybridized carbons (Fsp3) is 0.529. The second-order valence-electron chi connectivity index (χ2n) is 6.27. The molecule has 0 bridgehead atoms. The van der Waals surface area contributed by atoms with Crippen LogP contribution in [0.1, 0.15) is 19.4 Å². The highest BCUT2D eigenvalue weighted by Crippen LogP contribution is 2.22. The summed E-state index contributed by atoms with van der Waals surface area (Å²) in [5.41, 5.74) is -0.208. The number of hydrogen-bond donors (Lipinski definition) is 1. The van der Waals surface area contributed by atoms with Gasteiger partial charge in [-0.3, -0.25) is 9.59 Å². The van der Waals surface area contributed by atoms with Crippen molar-refractivity contribution in [3.05, 3.63) is 33.8 Å². The summed E-state index contributed by atoms with van der Waals surface area (Å²) in [6.45, 7) is 5.77. The Balaban J connectivity index is 1.89. The van der Waals surface area contributed by atoms with Crippen LogP contribution >= 0.6 is 23.2 Å². The minimum absolute atomic E-state index is 0.173. The van der Waals surface area contributed by atoms with Gasteiger partial charge in [0.25, 0.3) is 0 Å². The number of halogens is 2. The molecule has 1 saturated heterocycles. The van der Waals surface area contributed by atoms with Gasteiger partial charge in [-0.15, -0.1) is 0 Å². The molecule has 0 radical (unpaired) electrons. The van der Waals surface area contributed by atoms with Crippen LogP contribution in [0.15, 0.2) is 18.2 Å². The lowest BCUT2D eigenvalue weighted by Crippen LogP contribution is -2.52. The topological polar surface area (TPSA) is 58.6 Å². The highest BCUT2D eigenvalue weighted by molar-refractivity contribution is 6.35. The van der Waals surface area contributed by atoms with E-state index in [1.165, 1.54) is 0 Å². The number of carbonyl (C=O) groups excluding carboxylic acids is 2. The maximum absolute atomic E-state index is 12.6. The van der Waals surface area contributed by atoms with E-state index in [1.54, 1.807) is 30.9 Å². The van der Waals surface area contributed by atoms with Crippen LogP contribution in [0.5, 0.6) is 0 Å². The molecule has 0 spiro atoms. The standard InChI is InChI=1S/C17H22Cl2N2O3/c1-17(2,16(23)21-7-9-24-10-8-21)15(22)20-6-5-12-3-4-13(18)11-14(12)19/h3-4,11H,5-10H2,1-2H3,(H,20,22). The first-order valence-electron chi connectivity index (χ1n) is 7.91. The van der Waals surface area contributed by atoms with Crippen molar-refractivity contribution in [3.8, 4) is 0 Å². The molecular weight excluding hydrogens is 351 g/mol. The fourth-order valence-corrected chi connectivity index (χ4v) is 3.02. The van der Waals surface area contributed by atoms with E-state index in [-0.39, 0.29) is 11.8 Å². The van der Waals surface area contributed by atoms with Gasteiger partial charge in [-0.2, -0.15) is 0 Å². The van der Waals surface area contributed by atoms with Crippen molar-refractivity contribution in [2.24, 2.45) is 5.41 Å². The highest BCUT2D eigenvalue weighted by atomic mass is 35.5. The SMILES string of the molecule is CC(C)(C(=O)NCCc1ccc(Cl)cc1Cl)C(=O)N1CCOCC1. The summed E-state index contributed by atoms with van der Waals surface area (Å²) < 4.78 is 5.24. The molecular formula is C17H22Cl2N2O3. The first-order chi connectivity index (χ1) is 11.3. The second-order valence-corrected chi connectivity index (χ2v) is 7.11. The number of carbonyl (C=O) groups is 2. The molecule has 7 heteroatoms. The minimum atomic E-state index is -1.11. The molecule has 0 aromatic heterocycles. The normalized spacial score (nSPS) is 15.2. The van der Waals surface area contributed by atoms with Gasteiger partial charge in [0.15, 0.2) is 0 Å². The summed E-state index contributed by atoms with van der Waals surface area (Å²) in [7, 11) is 0. The van der Waals surface area contributed by atoms with Crippen LogP contribution < -0.4 is 5.32 Å². The molecule has 1 heterocycles. The Morgan fingerprint density at radius 2 is 1.92 bits per heavy atom. The molecule has 1 aromatic rings. The van der Waals surface area contributed by atoms with E-state index in [1.807, 2.05) is 6.07 Å². The van der Waals surface area contributed by atoms with Gasteiger partial charge in [0.05, 0.1) is 13.2 Å². The molecule has 1 fully saturated rings. The third kappa shape index (κ3) is 4.62. The number of nitrogens with zero attached hydrogens (tertiary/aromatic N) is 1. The Morgan fingerprint density at radius 1 is 1.25 bits per heavy atom. The van der Waals surface area contributed by atoms with Crippen LogP contribution in [0.2, 0.25) is 10.0 Å². The number of amides is 2. The Kier molecular flexibility index (Phi) is 6.49. The molecule has 0 atom stereocenters. The number of rotatable bonds is 5. The molecule has 1 aliphatic rings. The van der Waals surface area contributed by atoms with Crippen LogP contribution in [-0.4, -0.2) is 49.6 Å². The van der Waals surface area contributed by atoms with Crippen molar-refractivity contribution in [2.45, 2.75) is 20.3 Å². The monoisotopic (exact) mass is 372 g/mol. The van der Waals surface area contributed by atoms with E-state index in [2.05, 4.69) is 5.32 Å². The number of ether oxygens (including phenoxy) is 1. The fourth-order valence-electron chi connectivity index (χ4n) is 2.51. The lowest BCUT2D eigenvalue weighted by atomic mass is 9.90. The van der Waals surface area contributed by atoms with Crippen LogP contribution in [0, 0.1) is 5.41 Å². The number of morpholine rings is 1. The van der Waals surface area contributed by atoms with Crippen molar-refractivity contribution in [3.63, 3.8) is 0 Å². The summed E-state index contributed by atoms with van der Waals surface area (Å²) >= 11 is 12.0. The van der Waals surface area contributed by atoms with Gasteiger partial charge in [0.1, 0.15) is 5.41 Å². The predicted molar refractivity (Wildman–Crippen MR) is 94.4 cm³/mol. The Hall–Kier alpha value is -1.30. The van der Waals surface area contributed by atoms with Gasteiger partial charge in [-0.1, -0.05) is 29.3 Å². The number of nitrogens with one attached hydrogen (secondary N) is 1. The molecule has 1 N–H and O–H groups in total. The minimum Gasteiger partial charge on any atom is -0.378 e. The molecule has 24 heavy (non-hydrogen) atoms. The van der Waals surface area contributed by atoms with Crippen molar-refractivity contribution >= 4 is 35.0 Å². The van der Waals surface area contributed by atoms with Crippen LogP contribution in [0.25, 0.3) is 0 Å². The molecule has 1 aliphatic heterocycles. The maximum Gasteiger partial charge on any atom is 0.237 e. The summed E-state index contributed by atoms with van der Waals surface area (Å²) in [4.78, 5) is 26.7. The van der Waals surface area contributed by atoms with E-state index in [0.29, 0.717) is 49.3 Å². The lowest BCUT2D eigenvalue weighted by Gasteiger charge is -2.33. The van der Waals surface area contributed by atoms with Crippen LogP contribution in [-0.2, 0) is 20.7 Å². The average Bonchev–Trinajstić information content (AvgIpc) is 2.56. The zero-order chi connectivity index (χ0) is 17.7. The van der Waals surface area contributed by atoms with E-state index in [4.69, 9.17) is 27.9 Å². The Morgan fingerprint density at radius 3 is 2.54 bits per heavy atom. The molecule has 0 unspecified atom stereocenters. The van der Waals surface area contributed by atoms with Gasteiger partial charge in [0.2, 0.25) is 11.8 Å². The van der Waals surface area contributed by atoms with E-state index in [9.17, 15) is 9.59 Å². The highest BCUT2D eigenvalue weighted by Gasteiger charge is 2.39. The summed E-state index contributed by atoms with van der Waals surface area (Å²) in [6.07, 6.45) is 0.573. The maximum atomic E-state index is 12.6. The van der Waals surface area contributed by atoms with Crippen LogP contribution in [0.4, 0.5) is 0 Å². The zero-order valence-electron chi connectivity index (χ0n) is 13.9. The van der Waals surface area contributed by atoms with E-state index >= 15 is 0 Å². The zero-order valence-corrected chi connectivity index (χ0v) is 15.4. The molecule has 1 aromatic carbocycles. The van der Waals surface area contributed by atoms with Crippen LogP contribution in [0.3, 0.4) is 0 Å². The summed E-state index contributed by atoms with van der Waals surface area (Å²) in [5, 5.41) is 3.97. The summed E-state index contributed by atoms with van der Waals surface area (Å²) in [5.74, 6) is -0.461. The molecule has 132 valence electrons. The van der Waals surface area contributed by atoms with Crippen molar-refractivity contribution in [2.75, 3.05) is 32.8 Å². The van der Waals surface area contributed by atoms with Gasteiger partial charge in [-0.05, 0) is 38.0 Å². The molecule has 0 aliphatic carbocycles. The third-order valence-electron chi connectivity index (χ3n) is 4.10. The van der Waals surface area contributed by atoms with E-state index in [0.717, 1.165) is 5.56 Å². The third-order valence-corrected chi connectivity index (χ3v) is 4.68. The first kappa shape index (κ1) is 19.0. The average molecular weight is 373 g/mol. The quantitative estimate of drug-likeness (QED) is 0.807. The van der Waals surface area contributed by atoms with Gasteiger partial charge >= 0.3 is 0 Å². The molecule has 0 saturated carbocycles. The second kappa shape index (κ2) is 8.19. The van der Waals surface area contributed by atoms with Gasteiger partial charge < -0.3 is 15.0 Å². The smallest absolute Gasteiger partial charge is 0.237 e. The Bertz CT molecular complexity index is 614. The first-order valence-corrected chi connectivity index (χ1v) is 8.67. The van der Waals surface area contributed by atoms with Crippen molar-refractivity contribution in [1.29, 1.82) is 0 Å². The van der Waals surface area contributed by atoms with E-state index < -0.39 is 5.41 Å². The molecule has 2 amide bonds. The van der Waals surface area contributed by atoms with Crippen molar-refractivity contribution < 1.29 is 14.3 Å². The Labute approximate surface area is 152 Å². The van der Waals surface area contributed by atoms with Gasteiger partial charge in [-0.25, -0.2) is 0 Å². The van der Waals surface area contributed by atoms with Gasteiger partial charge in [0, 0.05) is 29.7 Å². The lowest BCUT2D eigenvalue weighted by molar-refractivity contribution is -0.151. The molecule has 2 rings (SSSR count). The summed E-state index contributed by atoms with van der Waals surface area (Å²) in [6, 6.07) is 5.27. The van der Waals surface area contributed by atoms with Crippen molar-refractivity contribution in [1.82, 2.24) is 10.2 Å².